The number of aromatic nitrogens is 1. The molecule has 0 radical (unpaired) electrons. The summed E-state index contributed by atoms with van der Waals surface area (Å²) >= 11 is 5.84. The summed E-state index contributed by atoms with van der Waals surface area (Å²) in [4.78, 5) is 15.8. The van der Waals surface area contributed by atoms with Crippen molar-refractivity contribution < 1.29 is 18.3 Å². The first kappa shape index (κ1) is 16.9. The number of benzene rings is 2. The Morgan fingerprint density at radius 1 is 1.24 bits per heavy atom. The fourth-order valence-electron chi connectivity index (χ4n) is 2.08. The lowest BCUT2D eigenvalue weighted by Gasteiger charge is -1.99. The van der Waals surface area contributed by atoms with E-state index in [9.17, 15) is 9.18 Å². The van der Waals surface area contributed by atoms with Gasteiger partial charge in [0.05, 0.1) is 6.20 Å². The van der Waals surface area contributed by atoms with E-state index in [-0.39, 0.29) is 18.3 Å². The molecule has 1 heterocycles. The minimum atomic E-state index is -0.574. The van der Waals surface area contributed by atoms with Gasteiger partial charge in [-0.3, -0.25) is 0 Å². The van der Waals surface area contributed by atoms with Crippen molar-refractivity contribution in [3.8, 4) is 11.3 Å². The summed E-state index contributed by atoms with van der Waals surface area (Å²) in [6.07, 6.45) is 4.24. The van der Waals surface area contributed by atoms with Gasteiger partial charge in [-0.05, 0) is 48.0 Å². The van der Waals surface area contributed by atoms with Gasteiger partial charge in [-0.2, -0.15) is 0 Å². The summed E-state index contributed by atoms with van der Waals surface area (Å²) in [5.41, 5.74) is 1.39. The molecule has 0 aliphatic heterocycles. The minimum absolute atomic E-state index is 0.0973. The zero-order valence-electron chi connectivity index (χ0n) is 13.0. The molecule has 3 aromatic rings. The highest BCUT2D eigenvalue weighted by atomic mass is 35.5. The molecule has 0 saturated carbocycles. The molecule has 0 spiro atoms. The molecule has 0 fully saturated rings. The van der Waals surface area contributed by atoms with E-state index in [2.05, 4.69) is 4.98 Å². The van der Waals surface area contributed by atoms with Crippen molar-refractivity contribution in [3.63, 3.8) is 0 Å². The number of hydrogen-bond donors (Lipinski definition) is 0. The second-order valence-corrected chi connectivity index (χ2v) is 5.56. The Kier molecular flexibility index (Phi) is 5.26. The monoisotopic (exact) mass is 357 g/mol. The first-order valence-corrected chi connectivity index (χ1v) is 7.79. The molecule has 0 aliphatic rings. The molecule has 6 heteroatoms. The van der Waals surface area contributed by atoms with E-state index in [1.807, 2.05) is 0 Å². The Bertz CT molecular complexity index is 903. The maximum Gasteiger partial charge on any atom is 0.331 e. The van der Waals surface area contributed by atoms with Crippen LogP contribution in [0.1, 0.15) is 11.5 Å². The highest BCUT2D eigenvalue weighted by molar-refractivity contribution is 6.30. The molecule has 0 unspecified atom stereocenters. The molecule has 0 atom stereocenters. The molecule has 0 saturated heterocycles. The highest BCUT2D eigenvalue weighted by Gasteiger charge is 2.08. The Labute approximate surface area is 148 Å². The van der Waals surface area contributed by atoms with Gasteiger partial charge in [0.1, 0.15) is 5.82 Å². The summed E-state index contributed by atoms with van der Waals surface area (Å²) in [6, 6.07) is 13.0. The van der Waals surface area contributed by atoms with Gasteiger partial charge in [0, 0.05) is 16.7 Å². The molecular formula is C19H13ClFNO3. The van der Waals surface area contributed by atoms with Crippen molar-refractivity contribution in [1.29, 1.82) is 0 Å². The van der Waals surface area contributed by atoms with Crippen molar-refractivity contribution >= 4 is 23.6 Å². The maximum atomic E-state index is 13.0. The van der Waals surface area contributed by atoms with Crippen LogP contribution in [0.3, 0.4) is 0 Å². The Balaban J connectivity index is 1.56. The SMILES string of the molecule is O=C(/C=C/c1cccc(F)c1)OCc1ncc(-c2ccc(Cl)cc2)o1. The van der Waals surface area contributed by atoms with E-state index in [0.29, 0.717) is 16.3 Å². The number of oxazole rings is 1. The normalized spacial score (nSPS) is 11.0. The average Bonchev–Trinajstić information content (AvgIpc) is 3.08. The molecule has 0 aliphatic carbocycles. The van der Waals surface area contributed by atoms with Gasteiger partial charge >= 0.3 is 5.97 Å². The number of nitrogens with zero attached hydrogens (tertiary/aromatic N) is 1. The molecular weight excluding hydrogens is 345 g/mol. The lowest BCUT2D eigenvalue weighted by atomic mass is 10.2. The van der Waals surface area contributed by atoms with Crippen molar-refractivity contribution in [3.05, 3.63) is 83.1 Å². The first-order valence-electron chi connectivity index (χ1n) is 7.41. The number of halogens is 2. The van der Waals surface area contributed by atoms with Crippen LogP contribution in [0, 0.1) is 5.82 Å². The average molecular weight is 358 g/mol. The van der Waals surface area contributed by atoms with Crippen molar-refractivity contribution in [1.82, 2.24) is 4.98 Å². The number of carbonyl (C=O) groups excluding carboxylic acids is 1. The summed E-state index contributed by atoms with van der Waals surface area (Å²) in [7, 11) is 0. The summed E-state index contributed by atoms with van der Waals surface area (Å²) < 4.78 is 23.6. The van der Waals surface area contributed by atoms with Crippen LogP contribution in [0.4, 0.5) is 4.39 Å². The fourth-order valence-corrected chi connectivity index (χ4v) is 2.21. The summed E-state index contributed by atoms with van der Waals surface area (Å²) in [5, 5.41) is 0.627. The van der Waals surface area contributed by atoms with E-state index >= 15 is 0 Å². The molecule has 0 amide bonds. The van der Waals surface area contributed by atoms with Gasteiger partial charge in [0.25, 0.3) is 0 Å². The van der Waals surface area contributed by atoms with Crippen LogP contribution in [0.25, 0.3) is 17.4 Å². The number of ether oxygens (including phenoxy) is 1. The zero-order valence-corrected chi connectivity index (χ0v) is 13.7. The van der Waals surface area contributed by atoms with E-state index in [0.717, 1.165) is 5.56 Å². The highest BCUT2D eigenvalue weighted by Crippen LogP contribution is 2.22. The topological polar surface area (TPSA) is 52.3 Å². The van der Waals surface area contributed by atoms with Gasteiger partial charge in [0.2, 0.25) is 5.89 Å². The minimum Gasteiger partial charge on any atom is -0.453 e. The number of rotatable bonds is 5. The Morgan fingerprint density at radius 2 is 2.04 bits per heavy atom. The zero-order chi connectivity index (χ0) is 17.6. The largest absolute Gasteiger partial charge is 0.453 e. The molecule has 1 aromatic heterocycles. The molecule has 2 aromatic carbocycles. The smallest absolute Gasteiger partial charge is 0.331 e. The van der Waals surface area contributed by atoms with Crippen molar-refractivity contribution in [2.75, 3.05) is 0 Å². The maximum absolute atomic E-state index is 13.0. The Morgan fingerprint density at radius 3 is 2.80 bits per heavy atom. The van der Waals surface area contributed by atoms with Gasteiger partial charge in [-0.25, -0.2) is 14.2 Å². The molecule has 0 N–H and O–H groups in total. The van der Waals surface area contributed by atoms with Gasteiger partial charge < -0.3 is 9.15 Å². The van der Waals surface area contributed by atoms with Crippen LogP contribution in [0.15, 0.2) is 65.2 Å². The fraction of sp³-hybridized carbons (Fsp3) is 0.0526. The lowest BCUT2D eigenvalue weighted by Crippen LogP contribution is -2.00. The Hall–Kier alpha value is -2.92. The molecule has 0 bridgehead atoms. The predicted molar refractivity (Wildman–Crippen MR) is 92.2 cm³/mol. The van der Waals surface area contributed by atoms with Crippen LogP contribution in [-0.4, -0.2) is 11.0 Å². The molecule has 25 heavy (non-hydrogen) atoms. The van der Waals surface area contributed by atoms with E-state index in [1.165, 1.54) is 24.3 Å². The van der Waals surface area contributed by atoms with E-state index in [1.54, 1.807) is 42.6 Å². The van der Waals surface area contributed by atoms with Crippen LogP contribution in [-0.2, 0) is 16.1 Å². The first-order chi connectivity index (χ1) is 12.1. The molecule has 126 valence electrons. The second kappa shape index (κ2) is 7.77. The van der Waals surface area contributed by atoms with Crippen LogP contribution < -0.4 is 0 Å². The summed E-state index contributed by atoms with van der Waals surface area (Å²) in [6.45, 7) is -0.0973. The van der Waals surface area contributed by atoms with Crippen LogP contribution >= 0.6 is 11.6 Å². The number of carbonyl (C=O) groups is 1. The summed E-state index contributed by atoms with van der Waals surface area (Å²) in [5.74, 6) is -0.115. The predicted octanol–water partition coefficient (Wildman–Crippen LogP) is 4.89. The van der Waals surface area contributed by atoms with E-state index < -0.39 is 5.97 Å². The van der Waals surface area contributed by atoms with Gasteiger partial charge in [-0.1, -0.05) is 23.7 Å². The second-order valence-electron chi connectivity index (χ2n) is 5.12. The molecule has 3 rings (SSSR count). The third kappa shape index (κ3) is 4.78. The standard InChI is InChI=1S/C19H13ClFNO3/c20-15-7-5-14(6-8-15)17-11-22-18(25-17)12-24-19(23)9-4-13-2-1-3-16(21)10-13/h1-11H,12H2/b9-4+. The van der Waals surface area contributed by atoms with Crippen LogP contribution in [0.2, 0.25) is 5.02 Å². The van der Waals surface area contributed by atoms with E-state index in [4.69, 9.17) is 20.8 Å². The molecule has 4 nitrogen and oxygen atoms in total. The van der Waals surface area contributed by atoms with Crippen molar-refractivity contribution in [2.45, 2.75) is 6.61 Å². The van der Waals surface area contributed by atoms with Gasteiger partial charge in [0.15, 0.2) is 12.4 Å². The third-order valence-corrected chi connectivity index (χ3v) is 3.53. The van der Waals surface area contributed by atoms with Crippen LogP contribution in [0.5, 0.6) is 0 Å². The van der Waals surface area contributed by atoms with Gasteiger partial charge in [-0.15, -0.1) is 0 Å². The third-order valence-electron chi connectivity index (χ3n) is 3.28. The quantitative estimate of drug-likeness (QED) is 0.482. The lowest BCUT2D eigenvalue weighted by molar-refractivity contribution is -0.139. The van der Waals surface area contributed by atoms with Crippen molar-refractivity contribution in [2.24, 2.45) is 0 Å². The number of hydrogen-bond acceptors (Lipinski definition) is 4. The number of esters is 1.